The zero-order valence-corrected chi connectivity index (χ0v) is 13.3. The van der Waals surface area contributed by atoms with Crippen molar-refractivity contribution in [1.82, 2.24) is 0 Å². The highest BCUT2D eigenvalue weighted by atomic mass is 79.9. The van der Waals surface area contributed by atoms with E-state index in [1.54, 1.807) is 13.0 Å². The van der Waals surface area contributed by atoms with Gasteiger partial charge in [-0.15, -0.1) is 0 Å². The summed E-state index contributed by atoms with van der Waals surface area (Å²) in [6.45, 7) is 6.29. The molecule has 0 atom stereocenters. The summed E-state index contributed by atoms with van der Waals surface area (Å²) in [7, 11) is 1.37. The molecule has 1 rings (SSSR count). The number of benzene rings is 1. The third-order valence-electron chi connectivity index (χ3n) is 2.73. The van der Waals surface area contributed by atoms with Crippen LogP contribution in [0.2, 0.25) is 0 Å². The van der Waals surface area contributed by atoms with E-state index >= 15 is 0 Å². The lowest BCUT2D eigenvalue weighted by molar-refractivity contribution is -0.136. The van der Waals surface area contributed by atoms with Gasteiger partial charge in [-0.2, -0.15) is 0 Å². The van der Waals surface area contributed by atoms with Gasteiger partial charge < -0.3 is 9.47 Å². The van der Waals surface area contributed by atoms with E-state index in [-0.39, 0.29) is 5.97 Å². The molecule has 1 aromatic rings. The maximum absolute atomic E-state index is 11.2. The molecule has 0 aliphatic rings. The first-order chi connectivity index (χ1) is 8.95. The first kappa shape index (κ1) is 15.8. The van der Waals surface area contributed by atoms with Gasteiger partial charge in [0.15, 0.2) is 0 Å². The molecular weight excluding hydrogens is 308 g/mol. The van der Waals surface area contributed by atoms with Gasteiger partial charge in [0.2, 0.25) is 0 Å². The van der Waals surface area contributed by atoms with Crippen molar-refractivity contribution in [3.8, 4) is 5.75 Å². The predicted octanol–water partition coefficient (Wildman–Crippen LogP) is 4.07. The van der Waals surface area contributed by atoms with Gasteiger partial charge in [0.05, 0.1) is 7.11 Å². The van der Waals surface area contributed by atoms with E-state index in [4.69, 9.17) is 4.74 Å². The molecule has 3 nitrogen and oxygen atoms in total. The lowest BCUT2D eigenvalue weighted by Gasteiger charge is -2.13. The van der Waals surface area contributed by atoms with Gasteiger partial charge in [-0.1, -0.05) is 29.8 Å². The maximum atomic E-state index is 11.2. The minimum Gasteiger partial charge on any atom is -0.489 e. The van der Waals surface area contributed by atoms with Crippen LogP contribution in [0.4, 0.5) is 0 Å². The molecule has 104 valence electrons. The van der Waals surface area contributed by atoms with Gasteiger partial charge in [-0.25, -0.2) is 4.79 Å². The summed E-state index contributed by atoms with van der Waals surface area (Å²) >= 11 is 3.46. The van der Waals surface area contributed by atoms with E-state index in [2.05, 4.69) is 40.6 Å². The fourth-order valence-electron chi connectivity index (χ4n) is 1.60. The average molecular weight is 327 g/mol. The number of hydrogen-bond donors (Lipinski definition) is 0. The molecule has 0 unspecified atom stereocenters. The van der Waals surface area contributed by atoms with Crippen LogP contribution in [0.15, 0.2) is 34.3 Å². The molecule has 0 aliphatic carbocycles. The summed E-state index contributed by atoms with van der Waals surface area (Å²) < 4.78 is 11.4. The van der Waals surface area contributed by atoms with Crippen LogP contribution in [0.5, 0.6) is 5.75 Å². The number of methoxy groups -OCH3 is 1. The molecule has 0 spiro atoms. The third-order valence-corrected chi connectivity index (χ3v) is 3.22. The van der Waals surface area contributed by atoms with E-state index in [9.17, 15) is 4.79 Å². The second kappa shape index (κ2) is 7.34. The van der Waals surface area contributed by atoms with E-state index in [1.165, 1.54) is 7.11 Å². The van der Waals surface area contributed by atoms with E-state index in [0.29, 0.717) is 18.1 Å². The summed E-state index contributed by atoms with van der Waals surface area (Å²) in [4.78, 5) is 11.2. The number of halogens is 1. The Morgan fingerprint density at radius 3 is 2.68 bits per heavy atom. The minimum atomic E-state index is -0.330. The van der Waals surface area contributed by atoms with E-state index in [1.807, 2.05) is 12.1 Å². The molecule has 0 saturated heterocycles. The molecule has 1 aromatic carbocycles. The summed E-state index contributed by atoms with van der Waals surface area (Å²) in [6, 6.07) is 5.93. The van der Waals surface area contributed by atoms with Gasteiger partial charge in [-0.05, 0) is 42.7 Å². The van der Waals surface area contributed by atoms with Crippen LogP contribution in [-0.4, -0.2) is 19.7 Å². The normalized spacial score (nSPS) is 11.6. The highest BCUT2D eigenvalue weighted by Crippen LogP contribution is 2.29. The standard InChI is InChI=1S/C15H19BrO3/c1-10(2)13-9-12(16)5-6-14(13)19-8-7-11(3)15(17)18-4/h5-7,9-10H,8H2,1-4H3/b11-7+. The first-order valence-corrected chi connectivity index (χ1v) is 6.92. The smallest absolute Gasteiger partial charge is 0.333 e. The molecule has 0 aliphatic heterocycles. The van der Waals surface area contributed by atoms with Crippen molar-refractivity contribution in [2.24, 2.45) is 0 Å². The second-order valence-electron chi connectivity index (χ2n) is 4.53. The predicted molar refractivity (Wildman–Crippen MR) is 79.5 cm³/mol. The lowest BCUT2D eigenvalue weighted by Crippen LogP contribution is -2.05. The zero-order valence-electron chi connectivity index (χ0n) is 11.7. The van der Waals surface area contributed by atoms with Crippen LogP contribution in [0.3, 0.4) is 0 Å². The number of esters is 1. The number of carbonyl (C=O) groups excluding carboxylic acids is 1. The van der Waals surface area contributed by atoms with E-state index < -0.39 is 0 Å². The Hall–Kier alpha value is -1.29. The monoisotopic (exact) mass is 326 g/mol. The largest absolute Gasteiger partial charge is 0.489 e. The van der Waals surface area contributed by atoms with Gasteiger partial charge in [0.1, 0.15) is 12.4 Å². The van der Waals surface area contributed by atoms with Crippen molar-refractivity contribution in [1.29, 1.82) is 0 Å². The molecule has 0 amide bonds. The van der Waals surface area contributed by atoms with Gasteiger partial charge >= 0.3 is 5.97 Å². The molecule has 19 heavy (non-hydrogen) atoms. The molecule has 0 fully saturated rings. The highest BCUT2D eigenvalue weighted by Gasteiger charge is 2.08. The zero-order chi connectivity index (χ0) is 14.4. The van der Waals surface area contributed by atoms with E-state index in [0.717, 1.165) is 15.8 Å². The van der Waals surface area contributed by atoms with Crippen LogP contribution < -0.4 is 4.74 Å². The summed E-state index contributed by atoms with van der Waals surface area (Å²) in [5.74, 6) is 0.883. The first-order valence-electron chi connectivity index (χ1n) is 6.13. The maximum Gasteiger partial charge on any atom is 0.333 e. The fourth-order valence-corrected chi connectivity index (χ4v) is 1.98. The lowest BCUT2D eigenvalue weighted by atomic mass is 10.0. The Labute approximate surface area is 122 Å². The van der Waals surface area contributed by atoms with Gasteiger partial charge in [0, 0.05) is 10.0 Å². The van der Waals surface area contributed by atoms with Crippen molar-refractivity contribution >= 4 is 21.9 Å². The fraction of sp³-hybridized carbons (Fsp3) is 0.400. The molecule has 0 radical (unpaired) electrons. The summed E-state index contributed by atoms with van der Waals surface area (Å²) in [5, 5.41) is 0. The van der Waals surface area contributed by atoms with Crippen molar-refractivity contribution in [3.05, 3.63) is 39.9 Å². The molecular formula is C15H19BrO3. The Balaban J connectivity index is 2.76. The van der Waals surface area contributed by atoms with Crippen molar-refractivity contribution in [2.75, 3.05) is 13.7 Å². The van der Waals surface area contributed by atoms with Gasteiger partial charge in [0.25, 0.3) is 0 Å². The van der Waals surface area contributed by atoms with Crippen molar-refractivity contribution in [3.63, 3.8) is 0 Å². The van der Waals surface area contributed by atoms with Crippen LogP contribution in [0, 0.1) is 0 Å². The molecule has 0 bridgehead atoms. The topological polar surface area (TPSA) is 35.5 Å². The van der Waals surface area contributed by atoms with Crippen LogP contribution >= 0.6 is 15.9 Å². The quantitative estimate of drug-likeness (QED) is 0.604. The molecule has 4 heteroatoms. The number of carbonyl (C=O) groups is 1. The number of hydrogen-bond acceptors (Lipinski definition) is 3. The van der Waals surface area contributed by atoms with Crippen molar-refractivity contribution < 1.29 is 14.3 Å². The second-order valence-corrected chi connectivity index (χ2v) is 5.44. The summed E-state index contributed by atoms with van der Waals surface area (Å²) in [6.07, 6.45) is 1.72. The number of rotatable bonds is 5. The minimum absolute atomic E-state index is 0.330. The number of ether oxygens (including phenoxy) is 2. The Morgan fingerprint density at radius 1 is 1.42 bits per heavy atom. The van der Waals surface area contributed by atoms with Crippen molar-refractivity contribution in [2.45, 2.75) is 26.7 Å². The summed E-state index contributed by atoms with van der Waals surface area (Å²) in [5.41, 5.74) is 1.68. The molecule has 0 heterocycles. The van der Waals surface area contributed by atoms with Crippen LogP contribution in [0.1, 0.15) is 32.3 Å². The molecule has 0 N–H and O–H groups in total. The Bertz CT molecular complexity index is 478. The Kier molecular flexibility index (Phi) is 6.09. The Morgan fingerprint density at radius 2 is 2.11 bits per heavy atom. The third kappa shape index (κ3) is 4.71. The van der Waals surface area contributed by atoms with Crippen LogP contribution in [-0.2, 0) is 9.53 Å². The molecule has 0 aromatic heterocycles. The van der Waals surface area contributed by atoms with Crippen LogP contribution in [0.25, 0.3) is 0 Å². The average Bonchev–Trinajstić information content (AvgIpc) is 2.38. The SMILES string of the molecule is COC(=O)/C(C)=C/COc1ccc(Br)cc1C(C)C. The highest BCUT2D eigenvalue weighted by molar-refractivity contribution is 9.10. The molecule has 0 saturated carbocycles. The van der Waals surface area contributed by atoms with Gasteiger partial charge in [-0.3, -0.25) is 0 Å².